The van der Waals surface area contributed by atoms with Crippen LogP contribution in [0.4, 0.5) is 0 Å². The lowest BCUT2D eigenvalue weighted by molar-refractivity contribution is 0.756. The first-order valence-corrected chi connectivity index (χ1v) is 5.90. The molecule has 0 aliphatic rings. The molecular formula is C13H18N4. The minimum atomic E-state index is -0.0846. The summed E-state index contributed by atoms with van der Waals surface area (Å²) < 4.78 is 1.83. The van der Waals surface area contributed by atoms with E-state index in [1.54, 1.807) is 0 Å². The van der Waals surface area contributed by atoms with Crippen LogP contribution < -0.4 is 5.73 Å². The van der Waals surface area contributed by atoms with Crippen LogP contribution in [-0.4, -0.2) is 15.0 Å². The molecule has 0 aliphatic carbocycles. The molecule has 1 aromatic heterocycles. The zero-order valence-corrected chi connectivity index (χ0v) is 10.5. The highest BCUT2D eigenvalue weighted by Gasteiger charge is 2.12. The van der Waals surface area contributed by atoms with Crippen molar-refractivity contribution in [3.05, 3.63) is 41.2 Å². The fraction of sp³-hybridized carbons (Fsp3) is 0.385. The van der Waals surface area contributed by atoms with E-state index in [1.807, 2.05) is 18.5 Å². The molecule has 2 N–H and O–H groups in total. The first-order valence-electron chi connectivity index (χ1n) is 5.90. The van der Waals surface area contributed by atoms with Crippen molar-refractivity contribution < 1.29 is 0 Å². The predicted molar refractivity (Wildman–Crippen MR) is 68.1 cm³/mol. The molecule has 1 atom stereocenters. The molecule has 90 valence electrons. The summed E-state index contributed by atoms with van der Waals surface area (Å²) in [6.07, 6.45) is 1.04. The van der Waals surface area contributed by atoms with Crippen LogP contribution in [0.2, 0.25) is 0 Å². The SMILES string of the molecule is CCc1ccc(-n2nnc(C(C)N)c2C)cc1. The molecule has 0 fully saturated rings. The summed E-state index contributed by atoms with van der Waals surface area (Å²) >= 11 is 0. The Balaban J connectivity index is 2.39. The van der Waals surface area contributed by atoms with Gasteiger partial charge in [0.2, 0.25) is 0 Å². The van der Waals surface area contributed by atoms with Gasteiger partial charge in [0, 0.05) is 6.04 Å². The maximum Gasteiger partial charge on any atom is 0.102 e. The topological polar surface area (TPSA) is 56.7 Å². The first kappa shape index (κ1) is 11.8. The molecule has 0 bridgehead atoms. The first-order chi connectivity index (χ1) is 8.13. The van der Waals surface area contributed by atoms with Crippen LogP contribution in [0.15, 0.2) is 24.3 Å². The van der Waals surface area contributed by atoms with Crippen LogP contribution in [-0.2, 0) is 6.42 Å². The molecular weight excluding hydrogens is 212 g/mol. The lowest BCUT2D eigenvalue weighted by Gasteiger charge is -2.06. The largest absolute Gasteiger partial charge is 0.323 e. The summed E-state index contributed by atoms with van der Waals surface area (Å²) in [5, 5.41) is 8.27. The number of nitrogens with zero attached hydrogens (tertiary/aromatic N) is 3. The molecule has 1 aromatic carbocycles. The predicted octanol–water partition coefficient (Wildman–Crippen LogP) is 2.16. The molecule has 0 radical (unpaired) electrons. The van der Waals surface area contributed by atoms with Crippen LogP contribution in [0, 0.1) is 6.92 Å². The van der Waals surface area contributed by atoms with E-state index in [2.05, 4.69) is 41.5 Å². The highest BCUT2D eigenvalue weighted by molar-refractivity contribution is 5.36. The van der Waals surface area contributed by atoms with Crippen molar-refractivity contribution in [2.24, 2.45) is 5.73 Å². The third-order valence-corrected chi connectivity index (χ3v) is 2.95. The van der Waals surface area contributed by atoms with Crippen molar-refractivity contribution in [1.82, 2.24) is 15.0 Å². The molecule has 4 heteroatoms. The van der Waals surface area contributed by atoms with Gasteiger partial charge in [0.05, 0.1) is 11.4 Å². The maximum absolute atomic E-state index is 5.84. The van der Waals surface area contributed by atoms with Crippen molar-refractivity contribution >= 4 is 0 Å². The van der Waals surface area contributed by atoms with Gasteiger partial charge in [0.25, 0.3) is 0 Å². The van der Waals surface area contributed by atoms with Crippen LogP contribution >= 0.6 is 0 Å². The second-order valence-corrected chi connectivity index (χ2v) is 4.28. The summed E-state index contributed by atoms with van der Waals surface area (Å²) in [7, 11) is 0. The molecule has 1 unspecified atom stereocenters. The van der Waals surface area contributed by atoms with Gasteiger partial charge >= 0.3 is 0 Å². The summed E-state index contributed by atoms with van der Waals surface area (Å²) in [6, 6.07) is 8.26. The Kier molecular flexibility index (Phi) is 3.24. The smallest absolute Gasteiger partial charge is 0.102 e. The molecule has 2 aromatic rings. The Morgan fingerprint density at radius 2 is 1.94 bits per heavy atom. The standard InChI is InChI=1S/C13H18N4/c1-4-11-5-7-12(8-6-11)17-10(3)13(9(2)14)15-16-17/h5-9H,4,14H2,1-3H3. The maximum atomic E-state index is 5.84. The van der Waals surface area contributed by atoms with E-state index in [1.165, 1.54) is 5.56 Å². The van der Waals surface area contributed by atoms with Crippen molar-refractivity contribution in [2.75, 3.05) is 0 Å². The van der Waals surface area contributed by atoms with E-state index < -0.39 is 0 Å². The fourth-order valence-electron chi connectivity index (χ4n) is 1.88. The van der Waals surface area contributed by atoms with Gasteiger partial charge in [-0.05, 0) is 38.0 Å². The average Bonchev–Trinajstić information content (AvgIpc) is 2.71. The molecule has 17 heavy (non-hydrogen) atoms. The molecule has 0 saturated heterocycles. The summed E-state index contributed by atoms with van der Waals surface area (Å²) in [5.41, 5.74) is 10.0. The lowest BCUT2D eigenvalue weighted by Crippen LogP contribution is -2.07. The number of benzene rings is 1. The van der Waals surface area contributed by atoms with Gasteiger partial charge in [-0.25, -0.2) is 4.68 Å². The normalized spacial score (nSPS) is 12.7. The summed E-state index contributed by atoms with van der Waals surface area (Å²) in [6.45, 7) is 6.05. The van der Waals surface area contributed by atoms with Gasteiger partial charge in [-0.2, -0.15) is 0 Å². The highest BCUT2D eigenvalue weighted by atomic mass is 15.4. The lowest BCUT2D eigenvalue weighted by atomic mass is 10.1. The van der Waals surface area contributed by atoms with Gasteiger partial charge in [-0.1, -0.05) is 24.3 Å². The van der Waals surface area contributed by atoms with E-state index in [-0.39, 0.29) is 6.04 Å². The van der Waals surface area contributed by atoms with Crippen LogP contribution in [0.25, 0.3) is 5.69 Å². The molecule has 0 saturated carbocycles. The number of rotatable bonds is 3. The molecule has 0 amide bonds. The van der Waals surface area contributed by atoms with Gasteiger partial charge in [0.1, 0.15) is 5.69 Å². The van der Waals surface area contributed by atoms with Crippen molar-refractivity contribution in [3.63, 3.8) is 0 Å². The van der Waals surface area contributed by atoms with E-state index in [0.717, 1.165) is 23.5 Å². The van der Waals surface area contributed by atoms with Crippen LogP contribution in [0.1, 0.15) is 36.8 Å². The van der Waals surface area contributed by atoms with Crippen LogP contribution in [0.3, 0.4) is 0 Å². The molecule has 0 aliphatic heterocycles. The van der Waals surface area contributed by atoms with Crippen LogP contribution in [0.5, 0.6) is 0 Å². The molecule has 0 spiro atoms. The van der Waals surface area contributed by atoms with E-state index in [0.29, 0.717) is 0 Å². The van der Waals surface area contributed by atoms with Crippen molar-refractivity contribution in [2.45, 2.75) is 33.2 Å². The summed E-state index contributed by atoms with van der Waals surface area (Å²) in [5.74, 6) is 0. The number of hydrogen-bond acceptors (Lipinski definition) is 3. The second-order valence-electron chi connectivity index (χ2n) is 4.28. The van der Waals surface area contributed by atoms with E-state index >= 15 is 0 Å². The zero-order chi connectivity index (χ0) is 12.4. The third-order valence-electron chi connectivity index (χ3n) is 2.95. The Morgan fingerprint density at radius 3 is 2.41 bits per heavy atom. The minimum absolute atomic E-state index is 0.0846. The second kappa shape index (κ2) is 4.67. The number of aryl methyl sites for hydroxylation is 1. The van der Waals surface area contributed by atoms with Crippen molar-refractivity contribution in [1.29, 1.82) is 0 Å². The van der Waals surface area contributed by atoms with E-state index in [4.69, 9.17) is 5.73 Å². The quantitative estimate of drug-likeness (QED) is 0.879. The van der Waals surface area contributed by atoms with Gasteiger partial charge < -0.3 is 5.73 Å². The Labute approximate surface area is 101 Å². The third kappa shape index (κ3) is 2.22. The molecule has 4 nitrogen and oxygen atoms in total. The van der Waals surface area contributed by atoms with Gasteiger partial charge in [-0.3, -0.25) is 0 Å². The van der Waals surface area contributed by atoms with Gasteiger partial charge in [-0.15, -0.1) is 5.10 Å². The average molecular weight is 230 g/mol. The zero-order valence-electron chi connectivity index (χ0n) is 10.5. The molecule has 1 heterocycles. The molecule has 2 rings (SSSR count). The number of nitrogens with two attached hydrogens (primary N) is 1. The van der Waals surface area contributed by atoms with E-state index in [9.17, 15) is 0 Å². The summed E-state index contributed by atoms with van der Waals surface area (Å²) in [4.78, 5) is 0. The minimum Gasteiger partial charge on any atom is -0.323 e. The Morgan fingerprint density at radius 1 is 1.29 bits per heavy atom. The van der Waals surface area contributed by atoms with Gasteiger partial charge in [0.15, 0.2) is 0 Å². The highest BCUT2D eigenvalue weighted by Crippen LogP contribution is 2.16. The van der Waals surface area contributed by atoms with Crippen molar-refractivity contribution in [3.8, 4) is 5.69 Å². The monoisotopic (exact) mass is 230 g/mol. The number of hydrogen-bond donors (Lipinski definition) is 1. The number of aromatic nitrogens is 3. The Bertz CT molecular complexity index is 497. The fourth-order valence-corrected chi connectivity index (χ4v) is 1.88. The Hall–Kier alpha value is -1.68.